The van der Waals surface area contributed by atoms with Crippen LogP contribution in [0, 0.1) is 12.3 Å². The Labute approximate surface area is 114 Å². The van der Waals surface area contributed by atoms with Crippen LogP contribution >= 0.6 is 0 Å². The zero-order valence-corrected chi connectivity index (χ0v) is 11.5. The van der Waals surface area contributed by atoms with Gasteiger partial charge >= 0.3 is 0 Å². The Balaban J connectivity index is 0.00000112. The monoisotopic (exact) mass is 279 g/mol. The molecule has 1 aromatic rings. The Morgan fingerprint density at radius 1 is 1.60 bits per heavy atom. The number of aromatic amines is 1. The molecule has 1 aromatic heterocycles. The Morgan fingerprint density at radius 2 is 2.33 bits per heavy atom. The van der Waals surface area contributed by atoms with Crippen molar-refractivity contribution < 1.29 is 32.7 Å². The average molecular weight is 279 g/mol. The molecular formula is C10H12N3OY-. The molecule has 1 N–H and O–H groups in total. The molecule has 0 spiro atoms. The molecular weight excluding hydrogens is 267 g/mol. The molecule has 0 aliphatic carbocycles. The van der Waals surface area contributed by atoms with Crippen molar-refractivity contribution in [2.24, 2.45) is 0 Å². The van der Waals surface area contributed by atoms with Gasteiger partial charge in [-0.2, -0.15) is 0 Å². The van der Waals surface area contributed by atoms with Crippen LogP contribution in [0.2, 0.25) is 0 Å². The van der Waals surface area contributed by atoms with E-state index in [0.29, 0.717) is 13.1 Å². The van der Waals surface area contributed by atoms with E-state index >= 15 is 0 Å². The Morgan fingerprint density at radius 3 is 3.00 bits per heavy atom. The minimum atomic E-state index is -0.0261. The first kappa shape index (κ1) is 12.7. The van der Waals surface area contributed by atoms with Gasteiger partial charge in [0.1, 0.15) is 0 Å². The Hall–Kier alpha value is -0.366. The van der Waals surface area contributed by atoms with Gasteiger partial charge in [0.15, 0.2) is 0 Å². The number of rotatable bonds is 1. The van der Waals surface area contributed by atoms with E-state index < -0.39 is 0 Å². The second kappa shape index (κ2) is 5.11. The summed E-state index contributed by atoms with van der Waals surface area (Å²) in [7, 11) is 2.00. The number of nitrogens with zero attached hydrogens (tertiary/aromatic N) is 2. The molecule has 0 atom stereocenters. The summed E-state index contributed by atoms with van der Waals surface area (Å²) in [6.07, 6.45) is 7.77. The molecule has 2 rings (SSSR count). The number of nitrogens with one attached hydrogen (secondary N) is 1. The summed E-state index contributed by atoms with van der Waals surface area (Å²) in [5, 5.41) is 2.73. The molecule has 4 nitrogen and oxygen atoms in total. The van der Waals surface area contributed by atoms with Gasteiger partial charge in [-0.25, -0.2) is 0 Å². The number of H-pyrrole nitrogens is 1. The molecule has 0 fully saturated rings. The van der Waals surface area contributed by atoms with Crippen LogP contribution in [0.4, 0.5) is 0 Å². The van der Waals surface area contributed by atoms with Gasteiger partial charge in [0.25, 0.3) is 5.56 Å². The number of aromatic nitrogens is 2. The molecule has 0 unspecified atom stereocenters. The van der Waals surface area contributed by atoms with Gasteiger partial charge in [-0.3, -0.25) is 14.6 Å². The molecule has 1 aliphatic rings. The molecule has 0 aromatic carbocycles. The van der Waals surface area contributed by atoms with Gasteiger partial charge in [-0.05, 0) is 7.05 Å². The SMILES string of the molecule is [C-]#CCn1[nH]c(=O)c2c1CCN(C)C2.[Y]. The van der Waals surface area contributed by atoms with Crippen molar-refractivity contribution >= 4 is 0 Å². The molecule has 2 heterocycles. The van der Waals surface area contributed by atoms with Gasteiger partial charge in [0, 0.05) is 57.9 Å². The smallest absolute Gasteiger partial charge is 0.268 e. The molecule has 0 saturated carbocycles. The standard InChI is InChI=1S/C10H12N3O.Y/c1-3-5-13-9-4-6-12(2)7-8(9)10(14)11-13;/h4-7H2,2H3,(H,11,14);/q-1;. The normalized spacial score (nSPS) is 15.2. The van der Waals surface area contributed by atoms with Crippen molar-refractivity contribution in [1.82, 2.24) is 14.7 Å². The van der Waals surface area contributed by atoms with E-state index in [1.54, 1.807) is 4.68 Å². The summed E-state index contributed by atoms with van der Waals surface area (Å²) in [5.74, 6) is 2.29. The van der Waals surface area contributed by atoms with Crippen LogP contribution < -0.4 is 5.56 Å². The molecule has 77 valence electrons. The third kappa shape index (κ3) is 2.42. The summed E-state index contributed by atoms with van der Waals surface area (Å²) < 4.78 is 1.72. The molecule has 1 radical (unpaired) electrons. The number of likely N-dealkylation sites (N-methyl/N-ethyl adjacent to an activating group) is 1. The Bertz CT molecular complexity index is 441. The molecule has 0 bridgehead atoms. The molecule has 5 heteroatoms. The van der Waals surface area contributed by atoms with E-state index in [0.717, 1.165) is 24.2 Å². The van der Waals surface area contributed by atoms with Crippen LogP contribution in [-0.4, -0.2) is 28.3 Å². The maximum absolute atomic E-state index is 11.5. The fourth-order valence-electron chi connectivity index (χ4n) is 1.86. The third-order valence-corrected chi connectivity index (χ3v) is 2.58. The van der Waals surface area contributed by atoms with Gasteiger partial charge in [0.05, 0.1) is 12.1 Å². The minimum Gasteiger partial charge on any atom is -0.692 e. The van der Waals surface area contributed by atoms with E-state index in [9.17, 15) is 4.79 Å². The van der Waals surface area contributed by atoms with Crippen LogP contribution in [0.15, 0.2) is 4.79 Å². The van der Waals surface area contributed by atoms with E-state index in [4.69, 9.17) is 6.42 Å². The fraction of sp³-hybridized carbons (Fsp3) is 0.500. The Kier molecular flexibility index (Phi) is 4.33. The van der Waals surface area contributed by atoms with Crippen LogP contribution in [-0.2, 0) is 52.2 Å². The molecule has 1 aliphatic heterocycles. The second-order valence-corrected chi connectivity index (χ2v) is 3.62. The zero-order valence-electron chi connectivity index (χ0n) is 8.71. The number of fused-ring (bicyclic) bond motifs is 1. The van der Waals surface area contributed by atoms with Gasteiger partial charge in [-0.1, -0.05) is 0 Å². The zero-order chi connectivity index (χ0) is 10.1. The van der Waals surface area contributed by atoms with E-state index in [-0.39, 0.29) is 38.3 Å². The summed E-state index contributed by atoms with van der Waals surface area (Å²) in [5.41, 5.74) is 1.85. The fourth-order valence-corrected chi connectivity index (χ4v) is 1.86. The average Bonchev–Trinajstić information content (AvgIpc) is 2.44. The van der Waals surface area contributed by atoms with E-state index in [1.807, 2.05) is 7.05 Å². The van der Waals surface area contributed by atoms with Crippen molar-refractivity contribution in [3.63, 3.8) is 0 Å². The summed E-state index contributed by atoms with van der Waals surface area (Å²) in [6.45, 7) is 2.01. The first-order chi connectivity index (χ1) is 6.72. The molecule has 15 heavy (non-hydrogen) atoms. The van der Waals surface area contributed by atoms with Crippen LogP contribution in [0.25, 0.3) is 0 Å². The maximum atomic E-state index is 11.5. The molecule has 0 saturated heterocycles. The van der Waals surface area contributed by atoms with Crippen LogP contribution in [0.3, 0.4) is 0 Å². The number of hydrogen-bond acceptors (Lipinski definition) is 2. The third-order valence-electron chi connectivity index (χ3n) is 2.58. The largest absolute Gasteiger partial charge is 0.692 e. The summed E-state index contributed by atoms with van der Waals surface area (Å²) >= 11 is 0. The topological polar surface area (TPSA) is 41.0 Å². The summed E-state index contributed by atoms with van der Waals surface area (Å²) in [6, 6.07) is 0. The summed E-state index contributed by atoms with van der Waals surface area (Å²) in [4.78, 5) is 13.6. The van der Waals surface area contributed by atoms with Gasteiger partial charge < -0.3 is 17.2 Å². The first-order valence-corrected chi connectivity index (χ1v) is 4.61. The van der Waals surface area contributed by atoms with Crippen molar-refractivity contribution in [3.05, 3.63) is 28.0 Å². The van der Waals surface area contributed by atoms with Crippen LogP contribution in [0.1, 0.15) is 11.3 Å². The van der Waals surface area contributed by atoms with Crippen molar-refractivity contribution in [3.8, 4) is 5.92 Å². The minimum absolute atomic E-state index is 0. The predicted molar refractivity (Wildman–Crippen MR) is 52.2 cm³/mol. The van der Waals surface area contributed by atoms with Crippen molar-refractivity contribution in [1.29, 1.82) is 0 Å². The van der Waals surface area contributed by atoms with Crippen LogP contribution in [0.5, 0.6) is 0 Å². The first-order valence-electron chi connectivity index (χ1n) is 4.61. The van der Waals surface area contributed by atoms with Crippen molar-refractivity contribution in [2.75, 3.05) is 13.6 Å². The second-order valence-electron chi connectivity index (χ2n) is 3.62. The van der Waals surface area contributed by atoms with Gasteiger partial charge in [-0.15, -0.1) is 0 Å². The van der Waals surface area contributed by atoms with E-state index in [1.165, 1.54) is 0 Å². The van der Waals surface area contributed by atoms with Gasteiger partial charge in [0.2, 0.25) is 0 Å². The number of hydrogen-bond donors (Lipinski definition) is 1. The van der Waals surface area contributed by atoms with Crippen molar-refractivity contribution in [2.45, 2.75) is 19.5 Å². The maximum Gasteiger partial charge on any atom is 0.268 e. The predicted octanol–water partition coefficient (Wildman–Crippen LogP) is -0.248. The van der Waals surface area contributed by atoms with E-state index in [2.05, 4.69) is 15.9 Å². The quantitative estimate of drug-likeness (QED) is 0.569. The molecule has 0 amide bonds.